The summed E-state index contributed by atoms with van der Waals surface area (Å²) in [6.45, 7) is 0. The number of H-pyrrole nitrogens is 1. The Hall–Kier alpha value is -0.400. The van der Waals surface area contributed by atoms with Crippen molar-refractivity contribution in [3.05, 3.63) is 10.4 Å². The molecular weight excluding hydrogens is 282 g/mol. The number of sulfonamides is 1. The van der Waals surface area contributed by atoms with Gasteiger partial charge in [-0.3, -0.25) is 0 Å². The van der Waals surface area contributed by atoms with Gasteiger partial charge in [-0.15, -0.1) is 0 Å². The number of halogens is 1. The zero-order valence-corrected chi connectivity index (χ0v) is 10.4. The Morgan fingerprint density at radius 3 is 2.47 bits per heavy atom. The van der Waals surface area contributed by atoms with Gasteiger partial charge in [0.1, 0.15) is 10.4 Å². The van der Waals surface area contributed by atoms with E-state index >= 15 is 0 Å². The van der Waals surface area contributed by atoms with Crippen LogP contribution in [0.3, 0.4) is 0 Å². The fourth-order valence-corrected chi connectivity index (χ4v) is 3.43. The van der Waals surface area contributed by atoms with Crippen LogP contribution in [-0.2, 0) is 10.0 Å². The zero-order valence-electron chi connectivity index (χ0n) is 8.03. The maximum absolute atomic E-state index is 11.2. The molecule has 1 aromatic rings. The topological polar surface area (TPSA) is 88.8 Å². The lowest BCUT2D eigenvalue weighted by atomic mass is 10.1. The first-order chi connectivity index (χ1) is 6.98. The minimum atomic E-state index is -3.71. The van der Waals surface area contributed by atoms with Crippen LogP contribution in [0, 0.1) is 0 Å². The monoisotopic (exact) mass is 293 g/mol. The van der Waals surface area contributed by atoms with E-state index in [0.717, 1.165) is 18.7 Å². The lowest BCUT2D eigenvalue weighted by molar-refractivity contribution is 0.593. The Balaban J connectivity index is 2.36. The Labute approximate surface area is 96.6 Å². The molecular formula is C8H12BrN3O2S. The van der Waals surface area contributed by atoms with E-state index < -0.39 is 10.0 Å². The van der Waals surface area contributed by atoms with Crippen LogP contribution in [0.5, 0.6) is 0 Å². The molecule has 0 amide bonds. The summed E-state index contributed by atoms with van der Waals surface area (Å²) < 4.78 is 22.6. The number of rotatable bonds is 2. The van der Waals surface area contributed by atoms with Crippen molar-refractivity contribution in [3.63, 3.8) is 0 Å². The van der Waals surface area contributed by atoms with Crippen molar-refractivity contribution < 1.29 is 8.42 Å². The Bertz CT molecular complexity index is 462. The van der Waals surface area contributed by atoms with E-state index in [1.807, 2.05) is 0 Å². The number of nitrogens with two attached hydrogens (primary N) is 1. The van der Waals surface area contributed by atoms with E-state index in [0.29, 0.717) is 5.92 Å². The summed E-state index contributed by atoms with van der Waals surface area (Å²) >= 11 is 3.10. The first-order valence-electron chi connectivity index (χ1n) is 4.76. The third-order valence-corrected chi connectivity index (χ3v) is 4.37. The molecule has 1 saturated carbocycles. The number of imidazole rings is 1. The molecule has 0 aromatic carbocycles. The summed E-state index contributed by atoms with van der Waals surface area (Å²) in [7, 11) is -3.71. The van der Waals surface area contributed by atoms with Gasteiger partial charge < -0.3 is 4.98 Å². The van der Waals surface area contributed by atoms with E-state index in [1.165, 1.54) is 12.8 Å². The Morgan fingerprint density at radius 1 is 1.40 bits per heavy atom. The molecule has 0 unspecified atom stereocenters. The molecule has 1 aliphatic rings. The van der Waals surface area contributed by atoms with Crippen LogP contribution in [0.1, 0.15) is 37.4 Å². The predicted molar refractivity (Wildman–Crippen MR) is 58.9 cm³/mol. The summed E-state index contributed by atoms with van der Waals surface area (Å²) in [5, 5.41) is 5.02. The number of nitrogens with zero attached hydrogens (tertiary/aromatic N) is 1. The fourth-order valence-electron chi connectivity index (χ4n) is 1.93. The van der Waals surface area contributed by atoms with Crippen LogP contribution in [0.15, 0.2) is 9.63 Å². The highest BCUT2D eigenvalue weighted by Crippen LogP contribution is 2.34. The number of hydrogen-bond acceptors (Lipinski definition) is 3. The number of aromatic amines is 1. The Kier molecular flexibility index (Phi) is 2.87. The van der Waals surface area contributed by atoms with Crippen molar-refractivity contribution in [2.24, 2.45) is 5.14 Å². The minimum Gasteiger partial charge on any atom is -0.331 e. The second kappa shape index (κ2) is 3.88. The summed E-state index contributed by atoms with van der Waals surface area (Å²) in [6, 6.07) is 0. The SMILES string of the molecule is NS(=O)(=O)c1[nH]c(C2CCCC2)nc1Br. The molecule has 7 heteroatoms. The minimum absolute atomic E-state index is 0.0237. The van der Waals surface area contributed by atoms with Gasteiger partial charge in [0.25, 0.3) is 10.0 Å². The highest BCUT2D eigenvalue weighted by Gasteiger charge is 2.24. The average molecular weight is 294 g/mol. The summed E-state index contributed by atoms with van der Waals surface area (Å²) in [5.41, 5.74) is 0. The van der Waals surface area contributed by atoms with Gasteiger partial charge in [-0.25, -0.2) is 18.5 Å². The number of primary sulfonamides is 1. The molecule has 0 bridgehead atoms. The summed E-state index contributed by atoms with van der Waals surface area (Å²) in [4.78, 5) is 6.95. The van der Waals surface area contributed by atoms with Crippen LogP contribution < -0.4 is 5.14 Å². The summed E-state index contributed by atoms with van der Waals surface area (Å²) in [6.07, 6.45) is 4.47. The van der Waals surface area contributed by atoms with Crippen molar-refractivity contribution >= 4 is 26.0 Å². The molecule has 1 aromatic heterocycles. The van der Waals surface area contributed by atoms with E-state index in [1.54, 1.807) is 0 Å². The third-order valence-electron chi connectivity index (χ3n) is 2.67. The molecule has 2 rings (SSSR count). The molecule has 15 heavy (non-hydrogen) atoms. The highest BCUT2D eigenvalue weighted by atomic mass is 79.9. The van der Waals surface area contributed by atoms with Crippen molar-refractivity contribution in [1.82, 2.24) is 9.97 Å². The largest absolute Gasteiger partial charge is 0.331 e. The molecule has 3 N–H and O–H groups in total. The van der Waals surface area contributed by atoms with Gasteiger partial charge in [0, 0.05) is 5.92 Å². The van der Waals surface area contributed by atoms with Gasteiger partial charge >= 0.3 is 0 Å². The second-order valence-electron chi connectivity index (χ2n) is 3.77. The third kappa shape index (κ3) is 2.24. The van der Waals surface area contributed by atoms with E-state index in [9.17, 15) is 8.42 Å². The van der Waals surface area contributed by atoms with E-state index in [-0.39, 0.29) is 9.63 Å². The maximum Gasteiger partial charge on any atom is 0.256 e. The molecule has 0 saturated heterocycles. The zero-order chi connectivity index (χ0) is 11.1. The van der Waals surface area contributed by atoms with Crippen molar-refractivity contribution in [3.8, 4) is 0 Å². The van der Waals surface area contributed by atoms with Gasteiger partial charge in [0.15, 0.2) is 5.03 Å². The molecule has 84 valence electrons. The first-order valence-corrected chi connectivity index (χ1v) is 7.10. The van der Waals surface area contributed by atoms with E-state index in [4.69, 9.17) is 5.14 Å². The lowest BCUT2D eigenvalue weighted by Gasteiger charge is -2.02. The maximum atomic E-state index is 11.2. The van der Waals surface area contributed by atoms with Gasteiger partial charge in [0.2, 0.25) is 0 Å². The molecule has 0 aliphatic heterocycles. The normalized spacial score (nSPS) is 18.5. The standard InChI is InChI=1S/C8H12BrN3O2S/c9-6-8(15(10,13)14)12-7(11-6)5-3-1-2-4-5/h5H,1-4H2,(H,11,12)(H2,10,13,14). The molecule has 0 spiro atoms. The van der Waals surface area contributed by atoms with E-state index in [2.05, 4.69) is 25.9 Å². The lowest BCUT2D eigenvalue weighted by Crippen LogP contribution is -2.13. The Morgan fingerprint density at radius 2 is 2.00 bits per heavy atom. The van der Waals surface area contributed by atoms with Gasteiger partial charge in [0.05, 0.1) is 0 Å². The second-order valence-corrected chi connectivity index (χ2v) is 6.02. The first kappa shape index (κ1) is 11.1. The molecule has 1 fully saturated rings. The van der Waals surface area contributed by atoms with Crippen molar-refractivity contribution in [2.75, 3.05) is 0 Å². The summed E-state index contributed by atoms with van der Waals surface area (Å²) in [5.74, 6) is 1.07. The molecule has 1 heterocycles. The smallest absolute Gasteiger partial charge is 0.256 e. The highest BCUT2D eigenvalue weighted by molar-refractivity contribution is 9.10. The molecule has 0 radical (unpaired) electrons. The molecule has 0 atom stereocenters. The molecule has 1 aliphatic carbocycles. The quantitative estimate of drug-likeness (QED) is 0.865. The van der Waals surface area contributed by atoms with Crippen LogP contribution in [-0.4, -0.2) is 18.4 Å². The number of nitrogens with one attached hydrogen (secondary N) is 1. The van der Waals surface area contributed by atoms with Crippen molar-refractivity contribution in [2.45, 2.75) is 36.6 Å². The number of aromatic nitrogens is 2. The van der Waals surface area contributed by atoms with Crippen LogP contribution in [0.4, 0.5) is 0 Å². The van der Waals surface area contributed by atoms with Crippen LogP contribution >= 0.6 is 15.9 Å². The average Bonchev–Trinajstić information content (AvgIpc) is 2.68. The van der Waals surface area contributed by atoms with Gasteiger partial charge in [-0.1, -0.05) is 12.8 Å². The molecule has 5 nitrogen and oxygen atoms in total. The van der Waals surface area contributed by atoms with Crippen LogP contribution in [0.2, 0.25) is 0 Å². The predicted octanol–water partition coefficient (Wildman–Crippen LogP) is 1.48. The van der Waals surface area contributed by atoms with Gasteiger partial charge in [-0.05, 0) is 28.8 Å². The van der Waals surface area contributed by atoms with Gasteiger partial charge in [-0.2, -0.15) is 0 Å². The fraction of sp³-hybridized carbons (Fsp3) is 0.625. The number of hydrogen-bond donors (Lipinski definition) is 2. The van der Waals surface area contributed by atoms with Crippen LogP contribution in [0.25, 0.3) is 0 Å². The van der Waals surface area contributed by atoms with Crippen molar-refractivity contribution in [1.29, 1.82) is 0 Å².